The Labute approximate surface area is 126 Å². The van der Waals surface area contributed by atoms with Crippen LogP contribution >= 0.6 is 0 Å². The minimum atomic E-state index is -1.17. The van der Waals surface area contributed by atoms with Gasteiger partial charge in [-0.1, -0.05) is 29.4 Å². The zero-order valence-corrected chi connectivity index (χ0v) is 11.6. The maximum atomic E-state index is 13.2. The quantitative estimate of drug-likeness (QED) is 0.443. The molecule has 0 aliphatic heterocycles. The van der Waals surface area contributed by atoms with Crippen molar-refractivity contribution in [1.29, 1.82) is 5.26 Å². The first-order chi connectivity index (χ1) is 10.6. The Morgan fingerprint density at radius 3 is 1.82 bits per heavy atom. The van der Waals surface area contributed by atoms with E-state index in [4.69, 9.17) is 10.8 Å². The molecule has 0 fully saturated rings. The molecule has 6 heteroatoms. The maximum absolute atomic E-state index is 13.2. The van der Waals surface area contributed by atoms with E-state index in [0.717, 1.165) is 0 Å². The van der Waals surface area contributed by atoms with Gasteiger partial charge in [-0.2, -0.15) is 5.26 Å². The predicted molar refractivity (Wildman–Crippen MR) is 77.6 cm³/mol. The lowest BCUT2D eigenvalue weighted by atomic mass is 9.80. The average molecular weight is 298 g/mol. The second-order valence-corrected chi connectivity index (χ2v) is 4.72. The summed E-state index contributed by atoms with van der Waals surface area (Å²) in [4.78, 5) is 2.89. The molecular formula is C16H12F2N4. The van der Waals surface area contributed by atoms with Gasteiger partial charge in [0.1, 0.15) is 11.6 Å². The molecule has 0 unspecified atom stereocenters. The molecule has 0 aliphatic carbocycles. The van der Waals surface area contributed by atoms with Crippen LogP contribution in [-0.4, -0.2) is 0 Å². The molecule has 0 saturated heterocycles. The van der Waals surface area contributed by atoms with Crippen LogP contribution in [0.2, 0.25) is 0 Å². The van der Waals surface area contributed by atoms with Crippen LogP contribution in [0.5, 0.6) is 0 Å². The summed E-state index contributed by atoms with van der Waals surface area (Å²) < 4.78 is 26.3. The van der Waals surface area contributed by atoms with Gasteiger partial charge < -0.3 is 0 Å². The molecule has 2 rings (SSSR count). The van der Waals surface area contributed by atoms with E-state index >= 15 is 0 Å². The third-order valence-corrected chi connectivity index (χ3v) is 3.46. The van der Waals surface area contributed by atoms with Gasteiger partial charge in [0, 0.05) is 11.3 Å². The summed E-state index contributed by atoms with van der Waals surface area (Å²) in [5.74, 6) is -0.837. The summed E-state index contributed by atoms with van der Waals surface area (Å²) in [7, 11) is 0. The van der Waals surface area contributed by atoms with Crippen molar-refractivity contribution in [2.45, 2.75) is 18.4 Å². The summed E-state index contributed by atoms with van der Waals surface area (Å²) in [5.41, 5.74) is 8.88. The van der Waals surface area contributed by atoms with Gasteiger partial charge in [-0.05, 0) is 47.3 Å². The molecule has 0 spiro atoms. The first-order valence-corrected chi connectivity index (χ1v) is 6.58. The number of benzene rings is 2. The van der Waals surface area contributed by atoms with Gasteiger partial charge >= 0.3 is 0 Å². The molecule has 0 saturated carbocycles. The van der Waals surface area contributed by atoms with Crippen LogP contribution < -0.4 is 0 Å². The molecular weight excluding hydrogens is 286 g/mol. The van der Waals surface area contributed by atoms with E-state index in [2.05, 4.69) is 10.0 Å². The van der Waals surface area contributed by atoms with Gasteiger partial charge in [0.2, 0.25) is 0 Å². The Hall–Kier alpha value is -2.90. The van der Waals surface area contributed by atoms with Crippen LogP contribution in [0.3, 0.4) is 0 Å². The number of rotatable bonds is 5. The highest BCUT2D eigenvalue weighted by Gasteiger charge is 2.33. The van der Waals surface area contributed by atoms with Crippen molar-refractivity contribution in [2.24, 2.45) is 5.11 Å². The standard InChI is InChI=1S/C16H12F2N4/c17-14-6-2-12(3-7-14)16(21-22-20,10-1-11-19)13-4-8-15(18)9-5-13/h2-9H,1,10H2. The van der Waals surface area contributed by atoms with E-state index in [0.29, 0.717) is 11.1 Å². The van der Waals surface area contributed by atoms with Crippen LogP contribution in [0.4, 0.5) is 8.78 Å². The SMILES string of the molecule is N#CCCC(N=[N+]=[N-])(c1ccc(F)cc1)c1ccc(F)cc1. The highest BCUT2D eigenvalue weighted by Crippen LogP contribution is 2.38. The number of azide groups is 1. The number of hydrogen-bond donors (Lipinski definition) is 0. The summed E-state index contributed by atoms with van der Waals surface area (Å²) in [5, 5.41) is 12.8. The smallest absolute Gasteiger partial charge is 0.123 e. The van der Waals surface area contributed by atoms with Crippen LogP contribution in [0.1, 0.15) is 24.0 Å². The largest absolute Gasteiger partial charge is 0.207 e. The molecule has 2 aromatic rings. The Balaban J connectivity index is 2.65. The summed E-state index contributed by atoms with van der Waals surface area (Å²) >= 11 is 0. The molecule has 0 aromatic heterocycles. The Morgan fingerprint density at radius 1 is 1.00 bits per heavy atom. The Morgan fingerprint density at radius 2 is 1.45 bits per heavy atom. The third-order valence-electron chi connectivity index (χ3n) is 3.46. The minimum Gasteiger partial charge on any atom is -0.207 e. The van der Waals surface area contributed by atoms with Crippen LogP contribution in [0.25, 0.3) is 10.4 Å². The molecule has 0 bridgehead atoms. The van der Waals surface area contributed by atoms with E-state index in [9.17, 15) is 8.78 Å². The molecule has 0 amide bonds. The second-order valence-electron chi connectivity index (χ2n) is 4.72. The lowest BCUT2D eigenvalue weighted by Crippen LogP contribution is -2.25. The Kier molecular flexibility index (Phi) is 4.72. The van der Waals surface area contributed by atoms with Gasteiger partial charge in [0.05, 0.1) is 11.6 Å². The maximum Gasteiger partial charge on any atom is 0.123 e. The van der Waals surface area contributed by atoms with Crippen molar-refractivity contribution in [2.75, 3.05) is 0 Å². The van der Waals surface area contributed by atoms with Crippen LogP contribution in [0, 0.1) is 23.0 Å². The molecule has 4 nitrogen and oxygen atoms in total. The molecule has 0 atom stereocenters. The predicted octanol–water partition coefficient (Wildman–Crippen LogP) is 4.82. The number of nitriles is 1. The first-order valence-electron chi connectivity index (χ1n) is 6.58. The summed E-state index contributed by atoms with van der Waals surface area (Å²) in [6.07, 6.45) is 0.346. The second kappa shape index (κ2) is 6.70. The molecule has 0 heterocycles. The third kappa shape index (κ3) is 3.05. The van der Waals surface area contributed by atoms with E-state index in [1.54, 1.807) is 0 Å². The zero-order valence-electron chi connectivity index (χ0n) is 11.6. The van der Waals surface area contributed by atoms with Crippen molar-refractivity contribution < 1.29 is 8.78 Å². The van der Waals surface area contributed by atoms with Gasteiger partial charge in [-0.15, -0.1) is 0 Å². The molecule has 2 aromatic carbocycles. The molecule has 0 radical (unpaired) electrons. The molecule has 110 valence electrons. The fourth-order valence-corrected chi connectivity index (χ4v) is 2.39. The van der Waals surface area contributed by atoms with E-state index in [1.807, 2.05) is 6.07 Å². The number of halogens is 2. The van der Waals surface area contributed by atoms with Crippen molar-refractivity contribution >= 4 is 0 Å². The lowest BCUT2D eigenvalue weighted by Gasteiger charge is -2.29. The molecule has 0 N–H and O–H groups in total. The Bertz CT molecular complexity index is 681. The van der Waals surface area contributed by atoms with Gasteiger partial charge in [-0.25, -0.2) is 8.78 Å². The monoisotopic (exact) mass is 298 g/mol. The van der Waals surface area contributed by atoms with E-state index in [-0.39, 0.29) is 12.8 Å². The van der Waals surface area contributed by atoms with Crippen LogP contribution in [0.15, 0.2) is 53.6 Å². The van der Waals surface area contributed by atoms with Crippen molar-refractivity contribution in [3.8, 4) is 6.07 Å². The van der Waals surface area contributed by atoms with E-state index < -0.39 is 17.2 Å². The van der Waals surface area contributed by atoms with E-state index in [1.165, 1.54) is 48.5 Å². The summed E-state index contributed by atoms with van der Waals surface area (Å²) in [6.45, 7) is 0. The molecule has 22 heavy (non-hydrogen) atoms. The number of nitrogens with zero attached hydrogens (tertiary/aromatic N) is 4. The van der Waals surface area contributed by atoms with Gasteiger partial charge in [0.25, 0.3) is 0 Å². The highest BCUT2D eigenvalue weighted by atomic mass is 19.1. The van der Waals surface area contributed by atoms with Crippen molar-refractivity contribution in [3.63, 3.8) is 0 Å². The zero-order chi connectivity index (χ0) is 16.0. The van der Waals surface area contributed by atoms with Gasteiger partial charge in [-0.3, -0.25) is 0 Å². The van der Waals surface area contributed by atoms with Crippen LogP contribution in [-0.2, 0) is 5.54 Å². The van der Waals surface area contributed by atoms with Crippen molar-refractivity contribution in [3.05, 3.63) is 81.7 Å². The fraction of sp³-hybridized carbons (Fsp3) is 0.188. The van der Waals surface area contributed by atoms with Crippen molar-refractivity contribution in [1.82, 2.24) is 0 Å². The number of hydrogen-bond acceptors (Lipinski definition) is 2. The highest BCUT2D eigenvalue weighted by molar-refractivity contribution is 5.39. The lowest BCUT2D eigenvalue weighted by molar-refractivity contribution is 0.494. The minimum absolute atomic E-state index is 0.133. The van der Waals surface area contributed by atoms with Gasteiger partial charge in [0.15, 0.2) is 0 Å². The average Bonchev–Trinajstić information content (AvgIpc) is 2.53. The summed E-state index contributed by atoms with van der Waals surface area (Å²) in [6, 6.07) is 13.1. The first kappa shape index (κ1) is 15.5. The fourth-order valence-electron chi connectivity index (χ4n) is 2.39. The normalized spacial score (nSPS) is 10.6. The topological polar surface area (TPSA) is 72.5 Å². The molecule has 0 aliphatic rings.